The van der Waals surface area contributed by atoms with E-state index in [4.69, 9.17) is 4.98 Å². The number of allylic oxidation sites excluding steroid dienone is 4. The van der Waals surface area contributed by atoms with Gasteiger partial charge >= 0.3 is 5.97 Å². The Labute approximate surface area is 154 Å². The smallest absolute Gasteiger partial charge is 0.338 e. The number of hydrogen-bond acceptors (Lipinski definition) is 2. The number of pyridine rings is 1. The molecule has 0 atom stereocenters. The molecule has 0 saturated carbocycles. The minimum absolute atomic E-state index is 0.357. The number of rotatable bonds is 3. The zero-order valence-corrected chi connectivity index (χ0v) is 15.0. The molecule has 2 aromatic rings. The second-order valence-corrected chi connectivity index (χ2v) is 7.37. The van der Waals surface area contributed by atoms with Crippen LogP contribution in [-0.2, 0) is 18.3 Å². The number of nitrogens with zero attached hydrogens (tertiary/aromatic N) is 1. The van der Waals surface area contributed by atoms with Gasteiger partial charge < -0.3 is 5.11 Å². The molecule has 26 heavy (non-hydrogen) atoms. The monoisotopic (exact) mass is 345 g/mol. The van der Waals surface area contributed by atoms with Crippen LogP contribution in [0.1, 0.15) is 53.5 Å². The van der Waals surface area contributed by atoms with Gasteiger partial charge in [0.15, 0.2) is 0 Å². The molecule has 0 unspecified atom stereocenters. The van der Waals surface area contributed by atoms with Crippen molar-refractivity contribution in [1.82, 2.24) is 4.98 Å². The van der Waals surface area contributed by atoms with Crippen LogP contribution in [0.3, 0.4) is 0 Å². The third-order valence-corrected chi connectivity index (χ3v) is 5.51. The number of aromatic nitrogens is 1. The Balaban J connectivity index is 2.08. The first kappa shape index (κ1) is 16.8. The van der Waals surface area contributed by atoms with Gasteiger partial charge in [0, 0.05) is 16.7 Å². The molecule has 1 N–H and O–H groups in total. The fourth-order valence-corrected chi connectivity index (χ4v) is 4.16. The van der Waals surface area contributed by atoms with Crippen LogP contribution < -0.4 is 0 Å². The lowest BCUT2D eigenvalue weighted by molar-refractivity contribution is 0.0695. The number of aryl methyl sites for hydroxylation is 1. The molecule has 0 aliphatic heterocycles. The Hall–Kier alpha value is -2.68. The zero-order chi connectivity index (χ0) is 18.1. The highest BCUT2D eigenvalue weighted by atomic mass is 16.4. The van der Waals surface area contributed by atoms with E-state index < -0.39 is 11.4 Å². The fourth-order valence-electron chi connectivity index (χ4n) is 4.16. The molecule has 1 aromatic heterocycles. The third kappa shape index (κ3) is 2.78. The highest BCUT2D eigenvalue weighted by Gasteiger charge is 2.34. The molecule has 0 amide bonds. The minimum Gasteiger partial charge on any atom is -0.478 e. The summed E-state index contributed by atoms with van der Waals surface area (Å²) in [5.41, 5.74) is 4.60. The number of aromatic carboxylic acids is 1. The van der Waals surface area contributed by atoms with Crippen molar-refractivity contribution in [3.63, 3.8) is 0 Å². The van der Waals surface area contributed by atoms with E-state index in [1.165, 1.54) is 6.42 Å². The van der Waals surface area contributed by atoms with Gasteiger partial charge in [-0.05, 0) is 43.7 Å². The van der Waals surface area contributed by atoms with Crippen LogP contribution in [0.25, 0.3) is 11.1 Å². The van der Waals surface area contributed by atoms with Gasteiger partial charge in [-0.2, -0.15) is 0 Å². The zero-order valence-electron chi connectivity index (χ0n) is 15.0. The van der Waals surface area contributed by atoms with Gasteiger partial charge in [-0.25, -0.2) is 4.79 Å². The van der Waals surface area contributed by atoms with Crippen molar-refractivity contribution in [2.45, 2.75) is 44.4 Å². The molecule has 132 valence electrons. The van der Waals surface area contributed by atoms with Crippen molar-refractivity contribution in [2.24, 2.45) is 0 Å². The molecule has 4 rings (SSSR count). The molecule has 0 radical (unpaired) electrons. The minimum atomic E-state index is -0.895. The van der Waals surface area contributed by atoms with Crippen molar-refractivity contribution in [2.75, 3.05) is 0 Å². The Morgan fingerprint density at radius 1 is 1.04 bits per heavy atom. The van der Waals surface area contributed by atoms with E-state index in [2.05, 4.69) is 0 Å². The Morgan fingerprint density at radius 3 is 2.42 bits per heavy atom. The summed E-state index contributed by atoms with van der Waals surface area (Å²) in [6.45, 7) is 2.04. The van der Waals surface area contributed by atoms with E-state index in [1.807, 2.05) is 61.6 Å². The summed E-state index contributed by atoms with van der Waals surface area (Å²) in [7, 11) is 0. The summed E-state index contributed by atoms with van der Waals surface area (Å²) in [5.74, 6) is -0.895. The Kier molecular flexibility index (Phi) is 4.23. The quantitative estimate of drug-likeness (QED) is 0.787. The number of carboxylic acid groups (broad SMARTS) is 1. The largest absolute Gasteiger partial charge is 0.478 e. The molecule has 3 nitrogen and oxygen atoms in total. The van der Waals surface area contributed by atoms with Gasteiger partial charge in [0.05, 0.1) is 11.3 Å². The average molecular weight is 345 g/mol. The molecular formula is C23H23NO2. The van der Waals surface area contributed by atoms with E-state index in [-0.39, 0.29) is 0 Å². The Morgan fingerprint density at radius 2 is 1.73 bits per heavy atom. The van der Waals surface area contributed by atoms with Gasteiger partial charge in [-0.15, -0.1) is 0 Å². The topological polar surface area (TPSA) is 50.2 Å². The number of carboxylic acids is 1. The van der Waals surface area contributed by atoms with Crippen molar-refractivity contribution in [3.8, 4) is 11.1 Å². The lowest BCUT2D eigenvalue weighted by Gasteiger charge is -2.26. The SMILES string of the molecule is CC1(c2nc3c(c(-c4ccccc4)c2C(=O)O)CCCCC3)C=CC=C1. The highest BCUT2D eigenvalue weighted by Crippen LogP contribution is 2.40. The van der Waals surface area contributed by atoms with Gasteiger partial charge in [-0.1, -0.05) is 61.1 Å². The Bertz CT molecular complexity index is 898. The van der Waals surface area contributed by atoms with Crippen LogP contribution >= 0.6 is 0 Å². The van der Waals surface area contributed by atoms with E-state index >= 15 is 0 Å². The maximum absolute atomic E-state index is 12.4. The van der Waals surface area contributed by atoms with Gasteiger partial charge in [0.25, 0.3) is 0 Å². The van der Waals surface area contributed by atoms with Crippen molar-refractivity contribution < 1.29 is 9.90 Å². The summed E-state index contributed by atoms with van der Waals surface area (Å²) in [6.07, 6.45) is 13.2. The van der Waals surface area contributed by atoms with Crippen LogP contribution in [0, 0.1) is 0 Å². The van der Waals surface area contributed by atoms with Crippen molar-refractivity contribution >= 4 is 5.97 Å². The number of hydrogen-bond donors (Lipinski definition) is 1. The molecule has 0 bridgehead atoms. The fraction of sp³-hybridized carbons (Fsp3) is 0.304. The van der Waals surface area contributed by atoms with E-state index in [0.29, 0.717) is 11.3 Å². The second kappa shape index (κ2) is 6.56. The summed E-state index contributed by atoms with van der Waals surface area (Å²) in [4.78, 5) is 17.3. The third-order valence-electron chi connectivity index (χ3n) is 5.51. The maximum Gasteiger partial charge on any atom is 0.338 e. The number of benzene rings is 1. The molecule has 1 aromatic carbocycles. The predicted octanol–water partition coefficient (Wildman–Crippen LogP) is 5.10. The van der Waals surface area contributed by atoms with Gasteiger partial charge in [-0.3, -0.25) is 4.98 Å². The standard InChI is InChI=1S/C23H23NO2/c1-23(14-8-9-15-23)21-20(22(25)26)19(16-10-4-2-5-11-16)17-12-6-3-7-13-18(17)24-21/h2,4-5,8-11,14-15H,3,6-7,12-13H2,1H3,(H,25,26). The molecule has 0 spiro atoms. The molecule has 0 saturated heterocycles. The van der Waals surface area contributed by atoms with E-state index in [9.17, 15) is 9.90 Å². The first-order valence-electron chi connectivity index (χ1n) is 9.32. The van der Waals surface area contributed by atoms with Crippen LogP contribution in [0.15, 0.2) is 54.6 Å². The highest BCUT2D eigenvalue weighted by molar-refractivity contribution is 5.99. The maximum atomic E-state index is 12.4. The summed E-state index contributed by atoms with van der Waals surface area (Å²) < 4.78 is 0. The molecule has 3 heteroatoms. The first-order chi connectivity index (χ1) is 12.6. The van der Waals surface area contributed by atoms with Crippen LogP contribution in [0.5, 0.6) is 0 Å². The van der Waals surface area contributed by atoms with Crippen molar-refractivity contribution in [1.29, 1.82) is 0 Å². The average Bonchev–Trinajstić information content (AvgIpc) is 2.96. The molecule has 1 heterocycles. The van der Waals surface area contributed by atoms with Gasteiger partial charge in [0.2, 0.25) is 0 Å². The molecular weight excluding hydrogens is 322 g/mol. The predicted molar refractivity (Wildman–Crippen MR) is 104 cm³/mol. The van der Waals surface area contributed by atoms with E-state index in [0.717, 1.165) is 48.1 Å². The number of carbonyl (C=O) groups is 1. The molecule has 2 aliphatic carbocycles. The lowest BCUT2D eigenvalue weighted by Crippen LogP contribution is -2.24. The lowest BCUT2D eigenvalue weighted by atomic mass is 9.80. The van der Waals surface area contributed by atoms with E-state index in [1.54, 1.807) is 0 Å². The van der Waals surface area contributed by atoms with Crippen LogP contribution in [0.2, 0.25) is 0 Å². The van der Waals surface area contributed by atoms with Crippen LogP contribution in [-0.4, -0.2) is 16.1 Å². The molecule has 2 aliphatic rings. The summed E-state index contributed by atoms with van der Waals surface area (Å²) in [5, 5.41) is 10.2. The first-order valence-corrected chi connectivity index (χ1v) is 9.32. The summed E-state index contributed by atoms with van der Waals surface area (Å²) >= 11 is 0. The number of fused-ring (bicyclic) bond motifs is 1. The normalized spacial score (nSPS) is 17.7. The summed E-state index contributed by atoms with van der Waals surface area (Å²) in [6, 6.07) is 9.94. The van der Waals surface area contributed by atoms with Crippen molar-refractivity contribution in [3.05, 3.63) is 77.2 Å². The second-order valence-electron chi connectivity index (χ2n) is 7.37. The molecule has 0 fully saturated rings. The van der Waals surface area contributed by atoms with Crippen LogP contribution in [0.4, 0.5) is 0 Å². The van der Waals surface area contributed by atoms with Gasteiger partial charge in [0.1, 0.15) is 0 Å².